The van der Waals surface area contributed by atoms with Crippen molar-refractivity contribution in [3.05, 3.63) is 0 Å². The topological polar surface area (TPSA) is 38.8 Å². The van der Waals surface area contributed by atoms with Crippen molar-refractivity contribution in [2.75, 3.05) is 45.8 Å². The molecule has 1 atom stereocenters. The van der Waals surface area contributed by atoms with Gasteiger partial charge in [-0.05, 0) is 40.7 Å². The van der Waals surface area contributed by atoms with E-state index < -0.39 is 0 Å². The Morgan fingerprint density at radius 3 is 2.18 bits per heavy atom. The molecule has 2 rings (SSSR count). The first kappa shape index (κ1) is 19.7. The van der Waals surface area contributed by atoms with Gasteiger partial charge in [-0.1, -0.05) is 0 Å². The van der Waals surface area contributed by atoms with Gasteiger partial charge in [0, 0.05) is 50.8 Å². The third-order valence-electron chi connectivity index (χ3n) is 4.72. The summed E-state index contributed by atoms with van der Waals surface area (Å²) in [5, 5.41) is 3.44. The Morgan fingerprint density at radius 1 is 1.14 bits per heavy atom. The fraction of sp³-hybridized carbons (Fsp3) is 0.938. The van der Waals surface area contributed by atoms with Crippen LogP contribution in [0, 0.1) is 0 Å². The Balaban J connectivity index is 0.00000242. The lowest BCUT2D eigenvalue weighted by atomic mass is 10.2. The van der Waals surface area contributed by atoms with Crippen molar-refractivity contribution in [2.45, 2.75) is 52.2 Å². The van der Waals surface area contributed by atoms with Crippen LogP contribution in [0.1, 0.15) is 34.1 Å². The molecule has 5 nitrogen and oxygen atoms in total. The molecule has 0 saturated carbocycles. The first-order valence-electron chi connectivity index (χ1n) is 8.47. The summed E-state index contributed by atoms with van der Waals surface area (Å²) >= 11 is 0. The minimum atomic E-state index is 0. The lowest BCUT2D eigenvalue weighted by Gasteiger charge is -2.39. The lowest BCUT2D eigenvalue weighted by molar-refractivity contribution is -0.136. The van der Waals surface area contributed by atoms with Crippen molar-refractivity contribution in [2.24, 2.45) is 0 Å². The van der Waals surface area contributed by atoms with Crippen LogP contribution in [0.25, 0.3) is 0 Å². The first-order chi connectivity index (χ1) is 9.99. The van der Waals surface area contributed by atoms with Gasteiger partial charge in [0.05, 0.1) is 6.54 Å². The fourth-order valence-corrected chi connectivity index (χ4v) is 3.68. The molecule has 22 heavy (non-hydrogen) atoms. The van der Waals surface area contributed by atoms with Gasteiger partial charge < -0.3 is 10.2 Å². The van der Waals surface area contributed by atoms with Crippen molar-refractivity contribution in [3.8, 4) is 0 Å². The maximum absolute atomic E-state index is 12.5. The molecule has 0 bridgehead atoms. The van der Waals surface area contributed by atoms with E-state index in [4.69, 9.17) is 0 Å². The summed E-state index contributed by atoms with van der Waals surface area (Å²) in [7, 11) is 0. The number of carbonyl (C=O) groups is 1. The van der Waals surface area contributed by atoms with Crippen LogP contribution in [-0.2, 0) is 4.79 Å². The smallest absolute Gasteiger partial charge is 0.237 e. The van der Waals surface area contributed by atoms with Crippen molar-refractivity contribution >= 4 is 18.3 Å². The van der Waals surface area contributed by atoms with Crippen LogP contribution in [0.15, 0.2) is 0 Å². The Hall–Kier alpha value is -0.360. The number of hydrogen-bond acceptors (Lipinski definition) is 4. The van der Waals surface area contributed by atoms with Gasteiger partial charge in [-0.2, -0.15) is 0 Å². The number of nitrogens with one attached hydrogen (secondary N) is 1. The van der Waals surface area contributed by atoms with E-state index in [1.54, 1.807) is 0 Å². The molecule has 0 aromatic carbocycles. The maximum atomic E-state index is 12.5. The average molecular weight is 333 g/mol. The number of piperazine rings is 1. The number of hydrogen-bond donors (Lipinski definition) is 1. The number of rotatable bonds is 5. The Morgan fingerprint density at radius 2 is 1.73 bits per heavy atom. The van der Waals surface area contributed by atoms with Crippen molar-refractivity contribution in [1.82, 2.24) is 20.0 Å². The molecule has 1 unspecified atom stereocenters. The highest BCUT2D eigenvalue weighted by Crippen LogP contribution is 2.13. The highest BCUT2D eigenvalue weighted by molar-refractivity contribution is 5.85. The predicted octanol–water partition coefficient (Wildman–Crippen LogP) is 1.03. The van der Waals surface area contributed by atoms with Gasteiger partial charge in [0.15, 0.2) is 0 Å². The normalized spacial score (nSPS) is 23.8. The maximum Gasteiger partial charge on any atom is 0.237 e. The van der Waals surface area contributed by atoms with Crippen molar-refractivity contribution < 1.29 is 4.79 Å². The molecular formula is C16H33ClN4O. The van der Waals surface area contributed by atoms with Crippen LogP contribution in [0.5, 0.6) is 0 Å². The van der Waals surface area contributed by atoms with E-state index in [0.29, 0.717) is 12.6 Å². The molecule has 1 N–H and O–H groups in total. The minimum Gasteiger partial charge on any atom is -0.337 e. The third kappa shape index (κ3) is 5.08. The molecule has 0 aromatic rings. The van der Waals surface area contributed by atoms with E-state index >= 15 is 0 Å². The molecule has 1 amide bonds. The SMILES string of the molecule is CC(C)N(C(=O)CN1CCN(C2CCNC2)CC1)C(C)C.Cl. The monoisotopic (exact) mass is 332 g/mol. The van der Waals surface area contributed by atoms with Gasteiger partial charge in [-0.15, -0.1) is 12.4 Å². The van der Waals surface area contributed by atoms with E-state index in [0.717, 1.165) is 39.3 Å². The van der Waals surface area contributed by atoms with Gasteiger partial charge in [-0.25, -0.2) is 0 Å². The van der Waals surface area contributed by atoms with Crippen LogP contribution in [0.2, 0.25) is 0 Å². The zero-order chi connectivity index (χ0) is 15.4. The highest BCUT2D eigenvalue weighted by atomic mass is 35.5. The number of carbonyl (C=O) groups excluding carboxylic acids is 1. The molecule has 0 radical (unpaired) electrons. The lowest BCUT2D eigenvalue weighted by Crippen LogP contribution is -2.54. The molecule has 2 aliphatic heterocycles. The molecule has 6 heteroatoms. The molecule has 2 aliphatic rings. The second-order valence-electron chi connectivity index (χ2n) is 6.95. The van der Waals surface area contributed by atoms with Gasteiger partial charge >= 0.3 is 0 Å². The molecule has 2 fully saturated rings. The van der Waals surface area contributed by atoms with Crippen molar-refractivity contribution in [3.63, 3.8) is 0 Å². The molecule has 2 saturated heterocycles. The number of nitrogens with zero attached hydrogens (tertiary/aromatic N) is 3. The Labute approximate surface area is 141 Å². The third-order valence-corrected chi connectivity index (χ3v) is 4.72. The molecular weight excluding hydrogens is 300 g/mol. The van der Waals surface area contributed by atoms with Crippen LogP contribution in [0.4, 0.5) is 0 Å². The van der Waals surface area contributed by atoms with Crippen LogP contribution >= 0.6 is 12.4 Å². The van der Waals surface area contributed by atoms with Crippen LogP contribution < -0.4 is 5.32 Å². The summed E-state index contributed by atoms with van der Waals surface area (Å²) in [5.41, 5.74) is 0. The van der Waals surface area contributed by atoms with Crippen LogP contribution in [-0.4, -0.2) is 84.5 Å². The van der Waals surface area contributed by atoms with Gasteiger partial charge in [0.25, 0.3) is 0 Å². The van der Waals surface area contributed by atoms with Gasteiger partial charge in [0.2, 0.25) is 5.91 Å². The molecule has 0 aliphatic carbocycles. The largest absolute Gasteiger partial charge is 0.337 e. The summed E-state index contributed by atoms with van der Waals surface area (Å²) in [6.45, 7) is 15.5. The first-order valence-corrected chi connectivity index (χ1v) is 8.47. The Bertz CT molecular complexity index is 329. The second kappa shape index (κ2) is 9.06. The standard InChI is InChI=1S/C16H32N4O.ClH/c1-13(2)20(14(3)4)16(21)12-18-7-9-19(10-8-18)15-5-6-17-11-15;/h13-15,17H,5-12H2,1-4H3;1H. The molecule has 0 spiro atoms. The van der Waals surface area contributed by atoms with E-state index in [1.807, 2.05) is 4.90 Å². The summed E-state index contributed by atoms with van der Waals surface area (Å²) in [4.78, 5) is 19.4. The van der Waals surface area contributed by atoms with E-state index in [1.165, 1.54) is 6.42 Å². The molecule has 2 heterocycles. The predicted molar refractivity (Wildman–Crippen MR) is 93.7 cm³/mol. The molecule has 130 valence electrons. The molecule has 0 aromatic heterocycles. The van der Waals surface area contributed by atoms with Gasteiger partial charge in [0.1, 0.15) is 0 Å². The quantitative estimate of drug-likeness (QED) is 0.816. The highest BCUT2D eigenvalue weighted by Gasteiger charge is 2.28. The summed E-state index contributed by atoms with van der Waals surface area (Å²) in [5.74, 6) is 0.274. The zero-order valence-corrected chi connectivity index (χ0v) is 15.4. The minimum absolute atomic E-state index is 0. The summed E-state index contributed by atoms with van der Waals surface area (Å²) in [6, 6.07) is 1.28. The van der Waals surface area contributed by atoms with E-state index in [2.05, 4.69) is 42.8 Å². The van der Waals surface area contributed by atoms with Gasteiger partial charge in [-0.3, -0.25) is 14.6 Å². The Kier molecular flexibility index (Phi) is 8.11. The average Bonchev–Trinajstić information content (AvgIpc) is 2.92. The number of halogens is 1. The van der Waals surface area contributed by atoms with Crippen molar-refractivity contribution in [1.29, 1.82) is 0 Å². The zero-order valence-electron chi connectivity index (χ0n) is 14.5. The second-order valence-corrected chi connectivity index (χ2v) is 6.95. The van der Waals surface area contributed by atoms with Crippen LogP contribution in [0.3, 0.4) is 0 Å². The summed E-state index contributed by atoms with van der Waals surface area (Å²) < 4.78 is 0. The van der Waals surface area contributed by atoms with E-state index in [-0.39, 0.29) is 30.4 Å². The summed E-state index contributed by atoms with van der Waals surface area (Å²) in [6.07, 6.45) is 1.27. The fourth-order valence-electron chi connectivity index (χ4n) is 3.68. The number of amides is 1. The van der Waals surface area contributed by atoms with E-state index in [9.17, 15) is 4.79 Å².